The second kappa shape index (κ2) is 5.79. The summed E-state index contributed by atoms with van der Waals surface area (Å²) >= 11 is 1.00. The van der Waals surface area contributed by atoms with Gasteiger partial charge in [-0.1, -0.05) is 12.1 Å². The Balaban J connectivity index is 2.09. The molecule has 0 aliphatic heterocycles. The molecule has 0 spiro atoms. The van der Waals surface area contributed by atoms with E-state index in [0.29, 0.717) is 10.4 Å². The first kappa shape index (κ1) is 14.1. The minimum absolute atomic E-state index is 0.0203. The Hall–Kier alpha value is -1.28. The monoisotopic (exact) mass is 301 g/mol. The van der Waals surface area contributed by atoms with Crippen LogP contribution < -0.4 is 4.72 Å². The number of benzene rings is 1. The third-order valence-corrected chi connectivity index (χ3v) is 5.38. The van der Waals surface area contributed by atoms with Crippen molar-refractivity contribution in [3.05, 3.63) is 52.7 Å². The van der Waals surface area contributed by atoms with Crippen molar-refractivity contribution >= 4 is 21.4 Å². The zero-order valence-corrected chi connectivity index (χ0v) is 11.5. The van der Waals surface area contributed by atoms with E-state index in [9.17, 15) is 12.8 Å². The standard InChI is InChI=1S/C12H12FNO3S2/c13-10-3-1-2-9(6-10)7-14-19(16,17)12-5-4-11(8-15)18-12/h1-6,14-15H,7-8H2. The molecule has 0 aliphatic rings. The number of thiophene rings is 1. The average molecular weight is 301 g/mol. The Labute approximate surface area is 114 Å². The first-order valence-electron chi connectivity index (χ1n) is 5.45. The molecular weight excluding hydrogens is 289 g/mol. The molecule has 0 saturated heterocycles. The smallest absolute Gasteiger partial charge is 0.250 e. The number of aliphatic hydroxyl groups excluding tert-OH is 1. The van der Waals surface area contributed by atoms with Gasteiger partial charge in [-0.15, -0.1) is 11.3 Å². The molecular formula is C12H12FNO3S2. The van der Waals surface area contributed by atoms with Gasteiger partial charge in [0.15, 0.2) is 0 Å². The summed E-state index contributed by atoms with van der Waals surface area (Å²) in [6, 6.07) is 8.72. The molecule has 7 heteroatoms. The van der Waals surface area contributed by atoms with E-state index in [1.165, 1.54) is 24.3 Å². The minimum Gasteiger partial charge on any atom is -0.391 e. The zero-order valence-electron chi connectivity index (χ0n) is 9.84. The second-order valence-corrected chi connectivity index (χ2v) is 7.00. The summed E-state index contributed by atoms with van der Waals surface area (Å²) in [6.45, 7) is -0.170. The van der Waals surface area contributed by atoms with Crippen molar-refractivity contribution in [3.8, 4) is 0 Å². The van der Waals surface area contributed by atoms with Gasteiger partial charge in [0.05, 0.1) is 6.61 Å². The van der Waals surface area contributed by atoms with Gasteiger partial charge in [-0.3, -0.25) is 0 Å². The van der Waals surface area contributed by atoms with E-state index in [1.54, 1.807) is 12.1 Å². The van der Waals surface area contributed by atoms with Gasteiger partial charge in [-0.25, -0.2) is 17.5 Å². The van der Waals surface area contributed by atoms with Crippen LogP contribution in [-0.2, 0) is 23.2 Å². The van der Waals surface area contributed by atoms with E-state index in [2.05, 4.69) is 4.72 Å². The lowest BCUT2D eigenvalue weighted by Crippen LogP contribution is -2.22. The van der Waals surface area contributed by atoms with E-state index < -0.39 is 15.8 Å². The van der Waals surface area contributed by atoms with Crippen LogP contribution in [0.5, 0.6) is 0 Å². The molecule has 0 unspecified atom stereocenters. The highest BCUT2D eigenvalue weighted by atomic mass is 32.2. The minimum atomic E-state index is -3.63. The molecule has 1 heterocycles. The normalized spacial score (nSPS) is 11.7. The molecule has 102 valence electrons. The lowest BCUT2D eigenvalue weighted by atomic mass is 10.2. The fraction of sp³-hybridized carbons (Fsp3) is 0.167. The van der Waals surface area contributed by atoms with Crippen LogP contribution >= 0.6 is 11.3 Å². The van der Waals surface area contributed by atoms with Crippen molar-refractivity contribution in [2.75, 3.05) is 0 Å². The molecule has 2 rings (SSSR count). The number of hydrogen-bond donors (Lipinski definition) is 2. The van der Waals surface area contributed by atoms with E-state index in [0.717, 1.165) is 11.3 Å². The second-order valence-electron chi connectivity index (χ2n) is 3.83. The number of nitrogens with one attached hydrogen (secondary N) is 1. The topological polar surface area (TPSA) is 66.4 Å². The Morgan fingerprint density at radius 2 is 2.05 bits per heavy atom. The van der Waals surface area contributed by atoms with Gasteiger partial charge < -0.3 is 5.11 Å². The summed E-state index contributed by atoms with van der Waals surface area (Å²) in [5.74, 6) is -0.407. The number of rotatable bonds is 5. The summed E-state index contributed by atoms with van der Waals surface area (Å²) in [5.41, 5.74) is 0.544. The van der Waals surface area contributed by atoms with Crippen molar-refractivity contribution < 1.29 is 17.9 Å². The molecule has 0 aliphatic carbocycles. The first-order chi connectivity index (χ1) is 9.01. The number of hydrogen-bond acceptors (Lipinski definition) is 4. The van der Waals surface area contributed by atoms with Crippen molar-refractivity contribution in [3.63, 3.8) is 0 Å². The molecule has 0 amide bonds. The number of halogens is 1. The van der Waals surface area contributed by atoms with Crippen LogP contribution in [0.4, 0.5) is 4.39 Å². The van der Waals surface area contributed by atoms with Crippen LogP contribution in [0.25, 0.3) is 0 Å². The van der Waals surface area contributed by atoms with Crippen molar-refractivity contribution in [2.24, 2.45) is 0 Å². The molecule has 0 fully saturated rings. The maximum Gasteiger partial charge on any atom is 0.250 e. The van der Waals surface area contributed by atoms with E-state index in [-0.39, 0.29) is 17.4 Å². The lowest BCUT2D eigenvalue weighted by Gasteiger charge is -2.04. The number of aliphatic hydroxyl groups is 1. The van der Waals surface area contributed by atoms with E-state index in [1.807, 2.05) is 0 Å². The van der Waals surface area contributed by atoms with Gasteiger partial charge in [-0.05, 0) is 29.8 Å². The quantitative estimate of drug-likeness (QED) is 0.886. The molecule has 0 saturated carbocycles. The third-order valence-electron chi connectivity index (χ3n) is 2.41. The van der Waals surface area contributed by atoms with Gasteiger partial charge in [0, 0.05) is 11.4 Å². The van der Waals surface area contributed by atoms with Gasteiger partial charge in [0.2, 0.25) is 10.0 Å². The van der Waals surface area contributed by atoms with Gasteiger partial charge in [-0.2, -0.15) is 0 Å². The molecule has 1 aromatic carbocycles. The predicted molar refractivity (Wildman–Crippen MR) is 70.7 cm³/mol. The van der Waals surface area contributed by atoms with Gasteiger partial charge in [0.25, 0.3) is 0 Å². The summed E-state index contributed by atoms with van der Waals surface area (Å²) in [4.78, 5) is 0.575. The molecule has 2 N–H and O–H groups in total. The van der Waals surface area contributed by atoms with Gasteiger partial charge >= 0.3 is 0 Å². The maximum atomic E-state index is 13.0. The highest BCUT2D eigenvalue weighted by molar-refractivity contribution is 7.91. The largest absolute Gasteiger partial charge is 0.391 e. The first-order valence-corrected chi connectivity index (χ1v) is 7.75. The van der Waals surface area contributed by atoms with Crippen LogP contribution in [0.15, 0.2) is 40.6 Å². The molecule has 19 heavy (non-hydrogen) atoms. The van der Waals surface area contributed by atoms with Crippen LogP contribution in [-0.4, -0.2) is 13.5 Å². The predicted octanol–water partition coefficient (Wildman–Crippen LogP) is 1.86. The van der Waals surface area contributed by atoms with Gasteiger partial charge in [0.1, 0.15) is 10.0 Å². The summed E-state index contributed by atoms with van der Waals surface area (Å²) in [5, 5.41) is 8.91. The van der Waals surface area contributed by atoms with Crippen LogP contribution in [0, 0.1) is 5.82 Å². The lowest BCUT2D eigenvalue weighted by molar-refractivity contribution is 0.285. The molecule has 2 aromatic rings. The van der Waals surface area contributed by atoms with Crippen LogP contribution in [0.3, 0.4) is 0 Å². The molecule has 4 nitrogen and oxygen atoms in total. The highest BCUT2D eigenvalue weighted by Crippen LogP contribution is 2.21. The van der Waals surface area contributed by atoms with Crippen molar-refractivity contribution in [1.29, 1.82) is 0 Å². The Bertz CT molecular complexity index is 667. The molecule has 0 radical (unpaired) electrons. The maximum absolute atomic E-state index is 13.0. The fourth-order valence-corrected chi connectivity index (χ4v) is 3.76. The van der Waals surface area contributed by atoms with Crippen LogP contribution in [0.1, 0.15) is 10.4 Å². The number of sulfonamides is 1. The van der Waals surface area contributed by atoms with Crippen molar-refractivity contribution in [1.82, 2.24) is 4.72 Å². The zero-order chi connectivity index (χ0) is 13.9. The van der Waals surface area contributed by atoms with Crippen LogP contribution in [0.2, 0.25) is 0 Å². The highest BCUT2D eigenvalue weighted by Gasteiger charge is 2.16. The summed E-state index contributed by atoms with van der Waals surface area (Å²) in [7, 11) is -3.63. The van der Waals surface area contributed by atoms with Crippen molar-refractivity contribution in [2.45, 2.75) is 17.4 Å². The average Bonchev–Trinajstić information content (AvgIpc) is 2.86. The Kier molecular flexibility index (Phi) is 4.31. The van der Waals surface area contributed by atoms with E-state index >= 15 is 0 Å². The third kappa shape index (κ3) is 3.60. The SMILES string of the molecule is O=S(=O)(NCc1cccc(F)c1)c1ccc(CO)s1. The Morgan fingerprint density at radius 1 is 1.26 bits per heavy atom. The molecule has 0 atom stereocenters. The molecule has 1 aromatic heterocycles. The molecule has 0 bridgehead atoms. The fourth-order valence-electron chi connectivity index (χ4n) is 1.48. The summed E-state index contributed by atoms with van der Waals surface area (Å²) < 4.78 is 39.4. The summed E-state index contributed by atoms with van der Waals surface area (Å²) in [6.07, 6.45) is 0. The van der Waals surface area contributed by atoms with E-state index in [4.69, 9.17) is 5.11 Å². The Morgan fingerprint density at radius 3 is 2.68 bits per heavy atom.